The minimum absolute atomic E-state index is 0.0191. The third-order valence-corrected chi connectivity index (χ3v) is 4.82. The molecular formula is C9H13N3O4S. The molecule has 2 rings (SSSR count). The van der Waals surface area contributed by atoms with Gasteiger partial charge in [-0.2, -0.15) is 9.40 Å². The summed E-state index contributed by atoms with van der Waals surface area (Å²) in [5, 5.41) is 12.8. The van der Waals surface area contributed by atoms with Crippen LogP contribution in [-0.2, 0) is 21.9 Å². The second-order valence-corrected chi connectivity index (χ2v) is 5.74. The molecule has 7 nitrogen and oxygen atoms in total. The summed E-state index contributed by atoms with van der Waals surface area (Å²) < 4.78 is 26.7. The normalized spacial score (nSPS) is 21.8. The van der Waals surface area contributed by atoms with Crippen LogP contribution in [0.5, 0.6) is 0 Å². The monoisotopic (exact) mass is 259 g/mol. The fourth-order valence-corrected chi connectivity index (χ4v) is 3.76. The summed E-state index contributed by atoms with van der Waals surface area (Å²) in [5.41, 5.74) is 0. The Labute approximate surface area is 98.7 Å². The van der Waals surface area contributed by atoms with Crippen LogP contribution in [0.2, 0.25) is 0 Å². The number of hydrogen-bond acceptors (Lipinski definition) is 4. The van der Waals surface area contributed by atoms with Crippen LogP contribution in [0.25, 0.3) is 0 Å². The zero-order valence-corrected chi connectivity index (χ0v) is 10.1. The molecule has 0 aliphatic carbocycles. The molecule has 17 heavy (non-hydrogen) atoms. The van der Waals surface area contributed by atoms with Gasteiger partial charge in [0.25, 0.3) is 10.0 Å². The first kappa shape index (κ1) is 12.1. The Morgan fingerprint density at radius 1 is 1.59 bits per heavy atom. The third kappa shape index (κ3) is 1.93. The van der Waals surface area contributed by atoms with Crippen molar-refractivity contribution in [1.82, 2.24) is 14.1 Å². The molecule has 1 aromatic rings. The average molecular weight is 259 g/mol. The lowest BCUT2D eigenvalue weighted by molar-refractivity contribution is -0.140. The first-order valence-electron chi connectivity index (χ1n) is 5.17. The van der Waals surface area contributed by atoms with Gasteiger partial charge >= 0.3 is 5.97 Å². The van der Waals surface area contributed by atoms with E-state index >= 15 is 0 Å². The van der Waals surface area contributed by atoms with E-state index in [1.165, 1.54) is 24.0 Å². The van der Waals surface area contributed by atoms with Crippen molar-refractivity contribution in [3.63, 3.8) is 0 Å². The Balaban J connectivity index is 2.40. The van der Waals surface area contributed by atoms with Gasteiger partial charge in [0.2, 0.25) is 0 Å². The average Bonchev–Trinajstić information content (AvgIpc) is 2.84. The van der Waals surface area contributed by atoms with E-state index in [9.17, 15) is 13.2 Å². The van der Waals surface area contributed by atoms with E-state index in [1.807, 2.05) is 0 Å². The molecule has 1 saturated heterocycles. The molecular weight excluding hydrogens is 246 g/mol. The third-order valence-electron chi connectivity index (χ3n) is 2.84. The molecule has 1 unspecified atom stereocenters. The Kier molecular flexibility index (Phi) is 2.92. The fourth-order valence-electron chi connectivity index (χ4n) is 2.01. The van der Waals surface area contributed by atoms with Gasteiger partial charge in [0.1, 0.15) is 6.04 Å². The van der Waals surface area contributed by atoms with E-state index in [0.29, 0.717) is 12.8 Å². The Hall–Kier alpha value is -1.41. The molecule has 0 bridgehead atoms. The van der Waals surface area contributed by atoms with E-state index in [4.69, 9.17) is 5.11 Å². The standard InChI is InChI=1S/C9H13N3O4S/c1-11-8(4-5-10-11)17(15,16)12-6-2-3-7(12)9(13)14/h4-5,7H,2-3,6H2,1H3,(H,13,14). The fraction of sp³-hybridized carbons (Fsp3) is 0.556. The van der Waals surface area contributed by atoms with E-state index < -0.39 is 22.0 Å². The summed E-state index contributed by atoms with van der Waals surface area (Å²) in [6.45, 7) is 0.241. The number of nitrogens with zero attached hydrogens (tertiary/aromatic N) is 3. The minimum Gasteiger partial charge on any atom is -0.480 e. The van der Waals surface area contributed by atoms with Crippen LogP contribution >= 0.6 is 0 Å². The van der Waals surface area contributed by atoms with Gasteiger partial charge in [-0.3, -0.25) is 9.48 Å². The van der Waals surface area contributed by atoms with Crippen LogP contribution in [-0.4, -0.2) is 46.2 Å². The van der Waals surface area contributed by atoms with Gasteiger partial charge in [-0.25, -0.2) is 8.42 Å². The molecule has 1 aliphatic heterocycles. The smallest absolute Gasteiger partial charge is 0.322 e. The van der Waals surface area contributed by atoms with Crippen molar-refractivity contribution in [2.24, 2.45) is 7.05 Å². The molecule has 0 amide bonds. The topological polar surface area (TPSA) is 92.5 Å². The molecule has 2 heterocycles. The molecule has 1 N–H and O–H groups in total. The molecule has 0 radical (unpaired) electrons. The van der Waals surface area contributed by atoms with Gasteiger partial charge in [0.15, 0.2) is 5.03 Å². The van der Waals surface area contributed by atoms with Crippen molar-refractivity contribution >= 4 is 16.0 Å². The van der Waals surface area contributed by atoms with Gasteiger partial charge in [-0.15, -0.1) is 0 Å². The Morgan fingerprint density at radius 2 is 2.29 bits per heavy atom. The van der Waals surface area contributed by atoms with Crippen LogP contribution in [0, 0.1) is 0 Å². The molecule has 1 aliphatic rings. The SMILES string of the molecule is Cn1nccc1S(=O)(=O)N1CCCC1C(=O)O. The van der Waals surface area contributed by atoms with Gasteiger partial charge in [0.05, 0.1) is 6.20 Å². The van der Waals surface area contributed by atoms with Crippen molar-refractivity contribution in [2.45, 2.75) is 23.9 Å². The molecule has 94 valence electrons. The van der Waals surface area contributed by atoms with Crippen LogP contribution in [0.3, 0.4) is 0 Å². The van der Waals surface area contributed by atoms with Crippen molar-refractivity contribution in [2.75, 3.05) is 6.54 Å². The highest BCUT2D eigenvalue weighted by molar-refractivity contribution is 7.89. The predicted octanol–water partition coefficient (Wildman–Crippen LogP) is -0.342. The highest BCUT2D eigenvalue weighted by atomic mass is 32.2. The van der Waals surface area contributed by atoms with Crippen molar-refractivity contribution in [3.8, 4) is 0 Å². The quantitative estimate of drug-likeness (QED) is 0.801. The summed E-state index contributed by atoms with van der Waals surface area (Å²) in [5.74, 6) is -1.10. The molecule has 1 atom stereocenters. The molecule has 0 spiro atoms. The van der Waals surface area contributed by atoms with Gasteiger partial charge in [-0.05, 0) is 18.9 Å². The first-order valence-corrected chi connectivity index (χ1v) is 6.61. The number of hydrogen-bond donors (Lipinski definition) is 1. The summed E-state index contributed by atoms with van der Waals surface area (Å²) in [6.07, 6.45) is 2.29. The van der Waals surface area contributed by atoms with Crippen molar-refractivity contribution in [1.29, 1.82) is 0 Å². The maximum atomic E-state index is 12.2. The van der Waals surface area contributed by atoms with E-state index in [1.54, 1.807) is 0 Å². The molecule has 1 aromatic heterocycles. The number of sulfonamides is 1. The largest absolute Gasteiger partial charge is 0.480 e. The second kappa shape index (κ2) is 4.11. The maximum absolute atomic E-state index is 12.2. The van der Waals surface area contributed by atoms with Gasteiger partial charge in [-0.1, -0.05) is 0 Å². The summed E-state index contributed by atoms with van der Waals surface area (Å²) in [4.78, 5) is 11.0. The lowest BCUT2D eigenvalue weighted by atomic mass is 10.2. The minimum atomic E-state index is -3.77. The summed E-state index contributed by atoms with van der Waals surface area (Å²) in [7, 11) is -2.25. The first-order chi connectivity index (χ1) is 7.94. The van der Waals surface area contributed by atoms with Gasteiger partial charge < -0.3 is 5.11 Å². The number of aliphatic carboxylic acids is 1. The number of rotatable bonds is 3. The highest BCUT2D eigenvalue weighted by Gasteiger charge is 2.40. The second-order valence-electron chi connectivity index (χ2n) is 3.91. The molecule has 8 heteroatoms. The number of carbonyl (C=O) groups is 1. The Bertz CT molecular complexity index is 536. The molecule has 0 aromatic carbocycles. The maximum Gasteiger partial charge on any atom is 0.322 e. The number of aromatic nitrogens is 2. The van der Waals surface area contributed by atoms with E-state index in [-0.39, 0.29) is 11.6 Å². The zero-order chi connectivity index (χ0) is 12.6. The van der Waals surface area contributed by atoms with Crippen LogP contribution in [0.4, 0.5) is 0 Å². The van der Waals surface area contributed by atoms with Crippen molar-refractivity contribution in [3.05, 3.63) is 12.3 Å². The number of carboxylic acids is 1. The molecule has 0 saturated carbocycles. The number of carboxylic acid groups (broad SMARTS) is 1. The Morgan fingerprint density at radius 3 is 2.82 bits per heavy atom. The zero-order valence-electron chi connectivity index (χ0n) is 9.28. The number of aryl methyl sites for hydroxylation is 1. The summed E-state index contributed by atoms with van der Waals surface area (Å²) in [6, 6.07) is 0.405. The summed E-state index contributed by atoms with van der Waals surface area (Å²) >= 11 is 0. The van der Waals surface area contributed by atoms with E-state index in [0.717, 1.165) is 4.31 Å². The van der Waals surface area contributed by atoms with Crippen LogP contribution in [0.1, 0.15) is 12.8 Å². The lowest BCUT2D eigenvalue weighted by Crippen LogP contribution is -2.40. The van der Waals surface area contributed by atoms with Crippen LogP contribution in [0.15, 0.2) is 17.3 Å². The van der Waals surface area contributed by atoms with Crippen LogP contribution < -0.4 is 0 Å². The van der Waals surface area contributed by atoms with E-state index in [2.05, 4.69) is 5.10 Å². The highest BCUT2D eigenvalue weighted by Crippen LogP contribution is 2.25. The van der Waals surface area contributed by atoms with Crippen molar-refractivity contribution < 1.29 is 18.3 Å². The van der Waals surface area contributed by atoms with Gasteiger partial charge in [0, 0.05) is 13.6 Å². The predicted molar refractivity (Wildman–Crippen MR) is 57.8 cm³/mol. The molecule has 1 fully saturated rings. The lowest BCUT2D eigenvalue weighted by Gasteiger charge is -2.20.